The summed E-state index contributed by atoms with van der Waals surface area (Å²) in [5.74, 6) is 0.307. The fourth-order valence-corrected chi connectivity index (χ4v) is 2.24. The van der Waals surface area contributed by atoms with E-state index in [0.717, 1.165) is 17.5 Å². The van der Waals surface area contributed by atoms with Gasteiger partial charge in [0.25, 0.3) is 0 Å². The van der Waals surface area contributed by atoms with Gasteiger partial charge in [-0.05, 0) is 28.7 Å². The number of phenols is 1. The van der Waals surface area contributed by atoms with Crippen LogP contribution in [0.3, 0.4) is 0 Å². The molecule has 0 aromatic heterocycles. The number of hydrogen-bond donors (Lipinski definition) is 1. The van der Waals surface area contributed by atoms with Gasteiger partial charge in [-0.2, -0.15) is 6.08 Å². The molecule has 3 rings (SSSR count). The van der Waals surface area contributed by atoms with Crippen LogP contribution in [0.1, 0.15) is 41.0 Å². The molecule has 0 saturated heterocycles. The first-order valence-electron chi connectivity index (χ1n) is 8.84. The van der Waals surface area contributed by atoms with E-state index in [1.54, 1.807) is 12.1 Å². The molecule has 4 heteroatoms. The zero-order chi connectivity index (χ0) is 19.6. The summed E-state index contributed by atoms with van der Waals surface area (Å²) in [5.41, 5.74) is 3.81. The van der Waals surface area contributed by atoms with Crippen LogP contribution in [0.2, 0.25) is 0 Å². The minimum absolute atomic E-state index is 0. The molecule has 0 saturated carbocycles. The van der Waals surface area contributed by atoms with Crippen LogP contribution in [0.4, 0.5) is 0 Å². The maximum atomic E-state index is 9.27. The summed E-state index contributed by atoms with van der Waals surface area (Å²) in [4.78, 5) is 0. The number of benzene rings is 2. The zero-order valence-corrected chi connectivity index (χ0v) is 20.3. The quantitative estimate of drug-likeness (QED) is 0.495. The van der Waals surface area contributed by atoms with E-state index in [-0.39, 0.29) is 24.8 Å². The van der Waals surface area contributed by atoms with Crippen LogP contribution in [0.25, 0.3) is 11.1 Å². The summed E-state index contributed by atoms with van der Waals surface area (Å²) in [7, 11) is 0. The average Bonchev–Trinajstić information content (AvgIpc) is 3.11. The van der Waals surface area contributed by atoms with Crippen LogP contribution in [0.15, 0.2) is 72.3 Å². The van der Waals surface area contributed by atoms with Crippen molar-refractivity contribution in [2.24, 2.45) is 5.41 Å². The Balaban J connectivity index is 0. The summed E-state index contributed by atoms with van der Waals surface area (Å²) < 4.78 is 1.42. The molecule has 28 heavy (non-hydrogen) atoms. The van der Waals surface area contributed by atoms with Crippen molar-refractivity contribution in [3.8, 4) is 16.9 Å². The number of rotatable bonds is 1. The number of aromatic hydroxyl groups is 1. The van der Waals surface area contributed by atoms with Crippen LogP contribution in [0, 0.1) is 11.5 Å². The normalized spacial score (nSPS) is 11.5. The molecule has 1 aliphatic rings. The van der Waals surface area contributed by atoms with Crippen LogP contribution in [-0.2, 0) is 20.0 Å². The van der Waals surface area contributed by atoms with Crippen molar-refractivity contribution in [2.75, 3.05) is 0 Å². The molecule has 0 aliphatic heterocycles. The van der Waals surface area contributed by atoms with Crippen molar-refractivity contribution < 1.29 is 49.9 Å². The third-order valence-electron chi connectivity index (χ3n) is 3.46. The fraction of sp³-hybridized carbons (Fsp3) is 0.292. The summed E-state index contributed by atoms with van der Waals surface area (Å²) in [6.45, 7) is 10.8. The Hall–Kier alpha value is -1.12. The van der Waals surface area contributed by atoms with Gasteiger partial charge in [0.2, 0.25) is 0 Å². The van der Waals surface area contributed by atoms with Crippen molar-refractivity contribution in [1.29, 1.82) is 0 Å². The topological polar surface area (TPSA) is 20.2 Å². The van der Waals surface area contributed by atoms with Gasteiger partial charge in [-0.15, -0.1) is 6.42 Å². The second-order valence-electron chi connectivity index (χ2n) is 7.36. The van der Waals surface area contributed by atoms with Gasteiger partial charge in [-0.25, -0.2) is 11.6 Å². The molecule has 1 aliphatic carbocycles. The van der Waals surface area contributed by atoms with Gasteiger partial charge < -0.3 is 29.9 Å². The van der Waals surface area contributed by atoms with Gasteiger partial charge in [-0.3, -0.25) is 6.08 Å². The maximum Gasteiger partial charge on any atom is 0.116 e. The molecule has 0 fully saturated rings. The van der Waals surface area contributed by atoms with E-state index in [4.69, 9.17) is 0 Å². The monoisotopic (exact) mass is 451 g/mol. The van der Waals surface area contributed by atoms with E-state index in [1.807, 2.05) is 42.5 Å². The molecule has 2 aromatic carbocycles. The van der Waals surface area contributed by atoms with E-state index in [2.05, 4.69) is 72.8 Å². The zero-order valence-electron chi connectivity index (χ0n) is 17.3. The van der Waals surface area contributed by atoms with Crippen molar-refractivity contribution >= 4 is 3.81 Å². The average molecular weight is 452 g/mol. The van der Waals surface area contributed by atoms with E-state index < -0.39 is 0 Å². The van der Waals surface area contributed by atoms with Crippen molar-refractivity contribution in [3.05, 3.63) is 78.4 Å². The minimum Gasteiger partial charge on any atom is -1.00 e. The molecular formula is C24H29Cl2OTi-2. The van der Waals surface area contributed by atoms with Crippen LogP contribution < -0.4 is 24.8 Å². The summed E-state index contributed by atoms with van der Waals surface area (Å²) >= 11 is 2.08. The fourth-order valence-electron chi connectivity index (χ4n) is 2.24. The van der Waals surface area contributed by atoms with Gasteiger partial charge in [0.05, 0.1) is 0 Å². The van der Waals surface area contributed by atoms with E-state index in [9.17, 15) is 5.11 Å². The number of halogens is 2. The molecule has 1 N–H and O–H groups in total. The third kappa shape index (κ3) is 12.4. The first-order valence-corrected chi connectivity index (χ1v) is 9.62. The summed E-state index contributed by atoms with van der Waals surface area (Å²) in [6.07, 6.45) is 8.63. The molecule has 0 unspecified atom stereocenters. The molecule has 2 aromatic rings. The largest absolute Gasteiger partial charge is 1.00 e. The number of allylic oxidation sites excluding steroid dienone is 4. The van der Waals surface area contributed by atoms with E-state index >= 15 is 0 Å². The first kappa shape index (κ1) is 29.1. The molecule has 0 bridgehead atoms. The maximum absolute atomic E-state index is 9.27. The van der Waals surface area contributed by atoms with Gasteiger partial charge in [0.1, 0.15) is 5.75 Å². The molecule has 151 valence electrons. The first-order chi connectivity index (χ1) is 12.2. The second-order valence-corrected chi connectivity index (χ2v) is 8.92. The van der Waals surface area contributed by atoms with Crippen LogP contribution in [-0.4, -0.2) is 8.92 Å². The summed E-state index contributed by atoms with van der Waals surface area (Å²) in [6, 6.07) is 17.3. The van der Waals surface area contributed by atoms with E-state index in [0.29, 0.717) is 11.2 Å². The Bertz CT molecular complexity index is 756. The van der Waals surface area contributed by atoms with Crippen molar-refractivity contribution in [1.82, 2.24) is 0 Å². The van der Waals surface area contributed by atoms with Crippen molar-refractivity contribution in [2.45, 2.75) is 41.0 Å². The molecule has 0 atom stereocenters. The SMILES string of the molecule is CC(C)(C)C1=[C-]CC=C1.C[C](C)=[Ti+].Oc1cccc(-c2ccccc2)c1.[Cl-].[Cl-]. The molecule has 0 amide bonds. The molecule has 0 heterocycles. The second kappa shape index (κ2) is 14.8. The smallest absolute Gasteiger partial charge is 0.116 e. The standard InChI is InChI=1S/C12H10O.C9H13.C3H6.2ClH.Ti/c13-12-8-4-7-11(9-12)10-5-2-1-3-6-10;1-9(2,3)8-6-4-5-7-8;1-3-2;;;/h1-9,13H;4,6H,5H2,1-3H3;1-2H3;2*1H;/q;-1;;;;+1/p-2. The van der Waals surface area contributed by atoms with Gasteiger partial charge in [0.15, 0.2) is 0 Å². The predicted octanol–water partition coefficient (Wildman–Crippen LogP) is 0.535. The van der Waals surface area contributed by atoms with Gasteiger partial charge in [-0.1, -0.05) is 63.2 Å². The van der Waals surface area contributed by atoms with Gasteiger partial charge >= 0.3 is 37.6 Å². The van der Waals surface area contributed by atoms with Crippen LogP contribution >= 0.6 is 0 Å². The Kier molecular flexibility index (Phi) is 15.4. The Labute approximate surface area is 194 Å². The van der Waals surface area contributed by atoms with Gasteiger partial charge in [0, 0.05) is 0 Å². The number of phenolic OH excluding ortho intramolecular Hbond substituents is 1. The minimum atomic E-state index is 0. The molecule has 0 spiro atoms. The van der Waals surface area contributed by atoms with Crippen LogP contribution in [0.5, 0.6) is 5.75 Å². The van der Waals surface area contributed by atoms with Crippen molar-refractivity contribution in [3.63, 3.8) is 0 Å². The number of hydrogen-bond acceptors (Lipinski definition) is 1. The van der Waals surface area contributed by atoms with E-state index in [1.165, 1.54) is 9.38 Å². The molecular weight excluding hydrogens is 423 g/mol. The Morgan fingerprint density at radius 3 is 1.86 bits per heavy atom. The predicted molar refractivity (Wildman–Crippen MR) is 110 cm³/mol. The summed E-state index contributed by atoms with van der Waals surface area (Å²) in [5, 5.41) is 9.27. The Morgan fingerprint density at radius 2 is 1.46 bits per heavy atom. The molecule has 0 radical (unpaired) electrons. The third-order valence-corrected chi connectivity index (χ3v) is 3.46. The Morgan fingerprint density at radius 1 is 0.929 bits per heavy atom. The molecule has 1 nitrogen and oxygen atoms in total.